The average Bonchev–Trinajstić information content (AvgIpc) is 2.94. The third-order valence-corrected chi connectivity index (χ3v) is 4.10. The molecule has 3 rings (SSSR count). The molecular formula is C15H19N5O2. The quantitative estimate of drug-likeness (QED) is 0.896. The first-order valence-electron chi connectivity index (χ1n) is 7.45. The van der Waals surface area contributed by atoms with E-state index in [1.807, 2.05) is 12.1 Å². The van der Waals surface area contributed by atoms with Gasteiger partial charge < -0.3 is 10.4 Å². The number of aryl methyl sites for hydroxylation is 1. The summed E-state index contributed by atoms with van der Waals surface area (Å²) in [6.45, 7) is 0. The lowest BCUT2D eigenvalue weighted by atomic mass is 9.84. The SMILES string of the molecule is Cn1nnnc1-c1cccc(NC(=O)C2(O)CCCCC2)c1. The first kappa shape index (κ1) is 14.6. The number of hydrogen-bond acceptors (Lipinski definition) is 5. The highest BCUT2D eigenvalue weighted by atomic mass is 16.3. The Morgan fingerprint density at radius 3 is 2.77 bits per heavy atom. The van der Waals surface area contributed by atoms with E-state index in [9.17, 15) is 9.90 Å². The van der Waals surface area contributed by atoms with E-state index >= 15 is 0 Å². The molecule has 1 aliphatic carbocycles. The molecule has 1 aromatic carbocycles. The number of amides is 1. The fourth-order valence-electron chi connectivity index (χ4n) is 2.82. The predicted octanol–water partition coefficient (Wildman–Crippen LogP) is 1.51. The zero-order valence-corrected chi connectivity index (χ0v) is 12.5. The van der Waals surface area contributed by atoms with Crippen LogP contribution in [0.2, 0.25) is 0 Å². The molecule has 0 atom stereocenters. The van der Waals surface area contributed by atoms with Crippen molar-refractivity contribution in [3.05, 3.63) is 24.3 Å². The molecule has 0 saturated heterocycles. The molecule has 0 aliphatic heterocycles. The van der Waals surface area contributed by atoms with Gasteiger partial charge in [0, 0.05) is 18.3 Å². The monoisotopic (exact) mass is 301 g/mol. The van der Waals surface area contributed by atoms with Gasteiger partial charge in [-0.2, -0.15) is 0 Å². The van der Waals surface area contributed by atoms with Crippen molar-refractivity contribution in [2.24, 2.45) is 7.05 Å². The van der Waals surface area contributed by atoms with Crippen molar-refractivity contribution >= 4 is 11.6 Å². The molecule has 1 heterocycles. The van der Waals surface area contributed by atoms with E-state index in [0.29, 0.717) is 24.4 Å². The summed E-state index contributed by atoms with van der Waals surface area (Å²) in [7, 11) is 1.76. The largest absolute Gasteiger partial charge is 0.380 e. The zero-order valence-electron chi connectivity index (χ0n) is 12.5. The molecule has 1 fully saturated rings. The minimum atomic E-state index is -1.25. The van der Waals surface area contributed by atoms with E-state index in [4.69, 9.17) is 0 Å². The molecular weight excluding hydrogens is 282 g/mol. The summed E-state index contributed by atoms with van der Waals surface area (Å²) in [5, 5.41) is 24.6. The van der Waals surface area contributed by atoms with Crippen LogP contribution in [0.5, 0.6) is 0 Å². The van der Waals surface area contributed by atoms with Gasteiger partial charge in [-0.1, -0.05) is 31.4 Å². The van der Waals surface area contributed by atoms with Gasteiger partial charge in [0.2, 0.25) is 0 Å². The van der Waals surface area contributed by atoms with Crippen molar-refractivity contribution in [3.63, 3.8) is 0 Å². The highest BCUT2D eigenvalue weighted by Gasteiger charge is 2.37. The lowest BCUT2D eigenvalue weighted by Crippen LogP contribution is -2.44. The second-order valence-electron chi connectivity index (χ2n) is 5.75. The first-order chi connectivity index (χ1) is 10.6. The summed E-state index contributed by atoms with van der Waals surface area (Å²) in [6.07, 6.45) is 3.88. The van der Waals surface area contributed by atoms with Crippen LogP contribution in [0, 0.1) is 0 Å². The molecule has 2 aromatic rings. The number of aliphatic hydroxyl groups is 1. The normalized spacial score (nSPS) is 17.2. The van der Waals surface area contributed by atoms with Crippen LogP contribution in [0.15, 0.2) is 24.3 Å². The minimum Gasteiger partial charge on any atom is -0.380 e. The lowest BCUT2D eigenvalue weighted by molar-refractivity contribution is -0.137. The Balaban J connectivity index is 1.78. The summed E-state index contributed by atoms with van der Waals surface area (Å²) >= 11 is 0. The van der Waals surface area contributed by atoms with E-state index in [1.54, 1.807) is 23.9 Å². The van der Waals surface area contributed by atoms with Gasteiger partial charge in [0.25, 0.3) is 5.91 Å². The van der Waals surface area contributed by atoms with Crippen LogP contribution in [-0.4, -0.2) is 36.8 Å². The minimum absolute atomic E-state index is 0.333. The van der Waals surface area contributed by atoms with Crippen LogP contribution in [-0.2, 0) is 11.8 Å². The number of rotatable bonds is 3. The second-order valence-corrected chi connectivity index (χ2v) is 5.75. The van der Waals surface area contributed by atoms with Gasteiger partial charge in [-0.3, -0.25) is 4.79 Å². The van der Waals surface area contributed by atoms with E-state index < -0.39 is 5.60 Å². The van der Waals surface area contributed by atoms with Crippen molar-refractivity contribution in [3.8, 4) is 11.4 Å². The third-order valence-electron chi connectivity index (χ3n) is 4.10. The molecule has 0 radical (unpaired) electrons. The Morgan fingerprint density at radius 1 is 1.32 bits per heavy atom. The third kappa shape index (κ3) is 2.85. The molecule has 7 nitrogen and oxygen atoms in total. The highest BCUT2D eigenvalue weighted by Crippen LogP contribution is 2.29. The van der Waals surface area contributed by atoms with Crippen molar-refractivity contribution < 1.29 is 9.90 Å². The topological polar surface area (TPSA) is 92.9 Å². The summed E-state index contributed by atoms with van der Waals surface area (Å²) in [6, 6.07) is 7.29. The van der Waals surface area contributed by atoms with Gasteiger partial charge in [0.15, 0.2) is 5.82 Å². The Hall–Kier alpha value is -2.28. The number of hydrogen-bond donors (Lipinski definition) is 2. The van der Waals surface area contributed by atoms with Crippen molar-refractivity contribution in [1.82, 2.24) is 20.2 Å². The Labute approximate surface area is 128 Å². The maximum absolute atomic E-state index is 12.3. The summed E-state index contributed by atoms with van der Waals surface area (Å²) < 4.78 is 1.57. The van der Waals surface area contributed by atoms with E-state index in [-0.39, 0.29) is 5.91 Å². The lowest BCUT2D eigenvalue weighted by Gasteiger charge is -2.30. The fraction of sp³-hybridized carbons (Fsp3) is 0.467. The van der Waals surface area contributed by atoms with Gasteiger partial charge >= 0.3 is 0 Å². The van der Waals surface area contributed by atoms with Crippen molar-refractivity contribution in [2.45, 2.75) is 37.7 Å². The molecule has 0 bridgehead atoms. The highest BCUT2D eigenvalue weighted by molar-refractivity contribution is 5.97. The van der Waals surface area contributed by atoms with Gasteiger partial charge in [-0.05, 0) is 35.4 Å². The Bertz CT molecular complexity index is 676. The molecule has 2 N–H and O–H groups in total. The van der Waals surface area contributed by atoms with Crippen LogP contribution in [0.3, 0.4) is 0 Å². The number of nitrogens with zero attached hydrogens (tertiary/aromatic N) is 4. The molecule has 1 aromatic heterocycles. The van der Waals surface area contributed by atoms with E-state index in [1.165, 1.54) is 0 Å². The Kier molecular flexibility index (Phi) is 3.89. The summed E-state index contributed by atoms with van der Waals surface area (Å²) in [5.41, 5.74) is 0.186. The van der Waals surface area contributed by atoms with Gasteiger partial charge in [-0.15, -0.1) is 5.10 Å². The number of tetrazole rings is 1. The smallest absolute Gasteiger partial charge is 0.256 e. The average molecular weight is 301 g/mol. The second kappa shape index (κ2) is 5.84. The summed E-state index contributed by atoms with van der Waals surface area (Å²) in [5.74, 6) is 0.285. The zero-order chi connectivity index (χ0) is 15.6. The van der Waals surface area contributed by atoms with Crippen LogP contribution in [0.4, 0.5) is 5.69 Å². The Morgan fingerprint density at radius 2 is 2.09 bits per heavy atom. The van der Waals surface area contributed by atoms with Gasteiger partial charge in [0.1, 0.15) is 5.60 Å². The molecule has 22 heavy (non-hydrogen) atoms. The maximum Gasteiger partial charge on any atom is 0.256 e. The van der Waals surface area contributed by atoms with E-state index in [0.717, 1.165) is 24.8 Å². The molecule has 7 heteroatoms. The molecule has 0 unspecified atom stereocenters. The summed E-state index contributed by atoms with van der Waals surface area (Å²) in [4.78, 5) is 12.3. The van der Waals surface area contributed by atoms with E-state index in [2.05, 4.69) is 20.8 Å². The fourth-order valence-corrected chi connectivity index (χ4v) is 2.82. The first-order valence-corrected chi connectivity index (χ1v) is 7.45. The predicted molar refractivity (Wildman–Crippen MR) is 80.9 cm³/mol. The van der Waals surface area contributed by atoms with Crippen LogP contribution < -0.4 is 5.32 Å². The van der Waals surface area contributed by atoms with Crippen molar-refractivity contribution in [2.75, 3.05) is 5.32 Å². The number of nitrogens with one attached hydrogen (secondary N) is 1. The van der Waals surface area contributed by atoms with Gasteiger partial charge in [-0.25, -0.2) is 4.68 Å². The van der Waals surface area contributed by atoms with Crippen LogP contribution in [0.25, 0.3) is 11.4 Å². The number of anilines is 1. The van der Waals surface area contributed by atoms with Gasteiger partial charge in [0.05, 0.1) is 0 Å². The molecule has 0 spiro atoms. The molecule has 1 aliphatic rings. The molecule has 1 amide bonds. The standard InChI is InChI=1S/C15H19N5O2/c1-20-13(17-18-19-20)11-6-5-7-12(10-11)16-14(21)15(22)8-3-2-4-9-15/h5-7,10,22H,2-4,8-9H2,1H3,(H,16,21). The van der Waals surface area contributed by atoms with Crippen LogP contribution >= 0.6 is 0 Å². The van der Waals surface area contributed by atoms with Crippen molar-refractivity contribution in [1.29, 1.82) is 0 Å². The molecule has 1 saturated carbocycles. The van der Waals surface area contributed by atoms with Crippen LogP contribution in [0.1, 0.15) is 32.1 Å². The number of carbonyl (C=O) groups is 1. The number of benzene rings is 1. The number of aromatic nitrogens is 4. The maximum atomic E-state index is 12.3. The number of carbonyl (C=O) groups excluding carboxylic acids is 1. The molecule has 116 valence electrons.